The molecule has 0 aliphatic heterocycles. The van der Waals surface area contributed by atoms with Crippen molar-refractivity contribution in [3.8, 4) is 5.88 Å². The van der Waals surface area contributed by atoms with Gasteiger partial charge in [0, 0.05) is 11.9 Å². The minimum Gasteiger partial charge on any atom is -0.481 e. The molecule has 0 saturated heterocycles. The van der Waals surface area contributed by atoms with Crippen molar-refractivity contribution >= 4 is 17.2 Å². The van der Waals surface area contributed by atoms with E-state index in [1.807, 2.05) is 20.8 Å². The van der Waals surface area contributed by atoms with Crippen LogP contribution in [0.1, 0.15) is 44.6 Å². The Hall–Kier alpha value is -1.89. The van der Waals surface area contributed by atoms with Crippen LogP contribution in [0.4, 0.5) is 0 Å². The molecule has 1 atom stereocenters. The van der Waals surface area contributed by atoms with Gasteiger partial charge in [0.1, 0.15) is 5.56 Å². The predicted octanol–water partition coefficient (Wildman–Crippen LogP) is 2.30. The molecule has 0 fully saturated rings. The molecule has 1 amide bonds. The molecule has 0 spiro atoms. The standard InChI is InChI=1S/C14H20N4O2S/c1-7-11(14(20-6)18(5)17-7)13(19)16-9(3)12-8(2)15-10(4)21-12/h9H,1-6H3,(H,16,19). The number of rotatable bonds is 4. The van der Waals surface area contributed by atoms with Gasteiger partial charge >= 0.3 is 0 Å². The van der Waals surface area contributed by atoms with Gasteiger partial charge in [-0.05, 0) is 27.7 Å². The average molecular weight is 308 g/mol. The van der Waals surface area contributed by atoms with E-state index in [0.717, 1.165) is 15.6 Å². The number of methoxy groups -OCH3 is 1. The van der Waals surface area contributed by atoms with Gasteiger partial charge < -0.3 is 10.1 Å². The molecule has 6 nitrogen and oxygen atoms in total. The van der Waals surface area contributed by atoms with E-state index >= 15 is 0 Å². The number of nitrogens with zero attached hydrogens (tertiary/aromatic N) is 3. The van der Waals surface area contributed by atoms with E-state index in [1.165, 1.54) is 7.11 Å². The van der Waals surface area contributed by atoms with Gasteiger partial charge in [-0.2, -0.15) is 5.10 Å². The summed E-state index contributed by atoms with van der Waals surface area (Å²) in [6.07, 6.45) is 0. The fraction of sp³-hybridized carbons (Fsp3) is 0.500. The maximum atomic E-state index is 12.5. The average Bonchev–Trinajstić information content (AvgIpc) is 2.87. The van der Waals surface area contributed by atoms with Crippen LogP contribution in [0.2, 0.25) is 0 Å². The molecule has 1 N–H and O–H groups in total. The third-order valence-electron chi connectivity index (χ3n) is 3.27. The summed E-state index contributed by atoms with van der Waals surface area (Å²) >= 11 is 1.60. The Labute approximate surface area is 128 Å². The Bertz CT molecular complexity index is 675. The van der Waals surface area contributed by atoms with Crippen LogP contribution in [-0.2, 0) is 7.05 Å². The van der Waals surface area contributed by atoms with E-state index in [2.05, 4.69) is 15.4 Å². The smallest absolute Gasteiger partial charge is 0.259 e. The first-order valence-corrected chi connectivity index (χ1v) is 7.49. The zero-order valence-corrected chi connectivity index (χ0v) is 14.0. The summed E-state index contributed by atoms with van der Waals surface area (Å²) in [7, 11) is 3.29. The number of hydrogen-bond acceptors (Lipinski definition) is 5. The molecule has 21 heavy (non-hydrogen) atoms. The molecule has 0 saturated carbocycles. The Morgan fingerprint density at radius 1 is 1.33 bits per heavy atom. The number of thiazole rings is 1. The number of ether oxygens (including phenoxy) is 1. The number of aromatic nitrogens is 3. The van der Waals surface area contributed by atoms with Gasteiger partial charge in [-0.25, -0.2) is 9.67 Å². The summed E-state index contributed by atoms with van der Waals surface area (Å²) < 4.78 is 6.83. The van der Waals surface area contributed by atoms with E-state index in [9.17, 15) is 4.79 Å². The Morgan fingerprint density at radius 2 is 2.00 bits per heavy atom. The molecule has 1 unspecified atom stereocenters. The van der Waals surface area contributed by atoms with Gasteiger partial charge in [0.15, 0.2) is 0 Å². The lowest BCUT2D eigenvalue weighted by Crippen LogP contribution is -2.27. The molecule has 2 heterocycles. The second kappa shape index (κ2) is 5.85. The highest BCUT2D eigenvalue weighted by atomic mass is 32.1. The molecule has 2 rings (SSSR count). The van der Waals surface area contributed by atoms with Crippen LogP contribution in [-0.4, -0.2) is 27.8 Å². The van der Waals surface area contributed by atoms with Crippen molar-refractivity contribution in [3.05, 3.63) is 26.8 Å². The predicted molar refractivity (Wildman–Crippen MR) is 82.0 cm³/mol. The molecule has 7 heteroatoms. The lowest BCUT2D eigenvalue weighted by molar-refractivity contribution is 0.0936. The number of carbonyl (C=O) groups is 1. The number of carbonyl (C=O) groups excluding carboxylic acids is 1. The van der Waals surface area contributed by atoms with Crippen LogP contribution < -0.4 is 10.1 Å². The monoisotopic (exact) mass is 308 g/mol. The van der Waals surface area contributed by atoms with Gasteiger partial charge in [0.2, 0.25) is 5.88 Å². The molecule has 2 aromatic heterocycles. The van der Waals surface area contributed by atoms with Crippen molar-refractivity contribution in [2.24, 2.45) is 7.05 Å². The fourth-order valence-corrected chi connectivity index (χ4v) is 3.35. The molecular weight excluding hydrogens is 288 g/mol. The number of aryl methyl sites for hydroxylation is 4. The summed E-state index contributed by atoms with van der Waals surface area (Å²) in [5.74, 6) is 0.282. The Morgan fingerprint density at radius 3 is 2.52 bits per heavy atom. The van der Waals surface area contributed by atoms with E-state index in [-0.39, 0.29) is 11.9 Å². The second-order valence-corrected chi connectivity index (χ2v) is 6.21. The highest BCUT2D eigenvalue weighted by Gasteiger charge is 2.23. The zero-order chi connectivity index (χ0) is 15.7. The Kier molecular flexibility index (Phi) is 4.32. The highest BCUT2D eigenvalue weighted by Crippen LogP contribution is 2.26. The topological polar surface area (TPSA) is 69.0 Å². The lowest BCUT2D eigenvalue weighted by Gasteiger charge is -2.13. The Balaban J connectivity index is 2.24. The summed E-state index contributed by atoms with van der Waals surface area (Å²) in [6.45, 7) is 7.67. The lowest BCUT2D eigenvalue weighted by atomic mass is 10.2. The third kappa shape index (κ3) is 2.92. The zero-order valence-electron chi connectivity index (χ0n) is 13.1. The van der Waals surface area contributed by atoms with Crippen LogP contribution in [0.15, 0.2) is 0 Å². The van der Waals surface area contributed by atoms with E-state index in [4.69, 9.17) is 4.74 Å². The fourth-order valence-electron chi connectivity index (χ4n) is 2.42. The van der Waals surface area contributed by atoms with Gasteiger partial charge in [-0.3, -0.25) is 4.79 Å². The number of nitrogens with one attached hydrogen (secondary N) is 1. The van der Waals surface area contributed by atoms with E-state index < -0.39 is 0 Å². The quantitative estimate of drug-likeness (QED) is 0.941. The van der Waals surface area contributed by atoms with Crippen molar-refractivity contribution in [2.75, 3.05) is 7.11 Å². The highest BCUT2D eigenvalue weighted by molar-refractivity contribution is 7.11. The minimum atomic E-state index is -0.185. The van der Waals surface area contributed by atoms with Crippen LogP contribution in [0, 0.1) is 20.8 Å². The first-order chi connectivity index (χ1) is 9.85. The van der Waals surface area contributed by atoms with Gasteiger partial charge in [-0.15, -0.1) is 11.3 Å². The van der Waals surface area contributed by atoms with E-state index in [0.29, 0.717) is 17.1 Å². The van der Waals surface area contributed by atoms with Gasteiger partial charge in [0.25, 0.3) is 5.91 Å². The van der Waals surface area contributed by atoms with E-state index in [1.54, 1.807) is 30.0 Å². The molecule has 114 valence electrons. The maximum absolute atomic E-state index is 12.5. The van der Waals surface area contributed by atoms with Gasteiger partial charge in [-0.1, -0.05) is 0 Å². The first kappa shape index (κ1) is 15.5. The van der Waals surface area contributed by atoms with Gasteiger partial charge in [0.05, 0.1) is 29.5 Å². The van der Waals surface area contributed by atoms with Crippen LogP contribution in [0.5, 0.6) is 5.88 Å². The molecular formula is C14H20N4O2S. The van der Waals surface area contributed by atoms with Crippen LogP contribution in [0.25, 0.3) is 0 Å². The van der Waals surface area contributed by atoms with Crippen molar-refractivity contribution < 1.29 is 9.53 Å². The SMILES string of the molecule is COc1c(C(=O)NC(C)c2sc(C)nc2C)c(C)nn1C. The molecule has 0 radical (unpaired) electrons. The molecule has 2 aromatic rings. The summed E-state index contributed by atoms with van der Waals surface area (Å²) in [5.41, 5.74) is 2.09. The third-order valence-corrected chi connectivity index (χ3v) is 4.53. The van der Waals surface area contributed by atoms with Crippen molar-refractivity contribution in [2.45, 2.75) is 33.7 Å². The summed E-state index contributed by atoms with van der Waals surface area (Å²) in [6, 6.07) is -0.104. The molecule has 0 aromatic carbocycles. The van der Waals surface area contributed by atoms with Crippen molar-refractivity contribution in [1.29, 1.82) is 0 Å². The van der Waals surface area contributed by atoms with Crippen LogP contribution >= 0.6 is 11.3 Å². The summed E-state index contributed by atoms with van der Waals surface area (Å²) in [5, 5.41) is 8.22. The second-order valence-electron chi connectivity index (χ2n) is 4.97. The van der Waals surface area contributed by atoms with Crippen molar-refractivity contribution in [1.82, 2.24) is 20.1 Å². The largest absolute Gasteiger partial charge is 0.481 e. The molecule has 0 aliphatic rings. The number of amides is 1. The first-order valence-electron chi connectivity index (χ1n) is 6.67. The maximum Gasteiger partial charge on any atom is 0.259 e. The normalized spacial score (nSPS) is 12.3. The minimum absolute atomic E-state index is 0.104. The van der Waals surface area contributed by atoms with Crippen molar-refractivity contribution in [3.63, 3.8) is 0 Å². The molecule has 0 aliphatic carbocycles. The molecule has 0 bridgehead atoms. The van der Waals surface area contributed by atoms with Crippen LogP contribution in [0.3, 0.4) is 0 Å². The number of hydrogen-bond donors (Lipinski definition) is 1. The summed E-state index contributed by atoms with van der Waals surface area (Å²) in [4.78, 5) is 18.0.